The molecule has 0 aliphatic heterocycles. The number of anilines is 1. The third kappa shape index (κ3) is 5.11. The third-order valence-corrected chi connectivity index (χ3v) is 5.06. The van der Waals surface area contributed by atoms with Crippen molar-refractivity contribution in [2.24, 2.45) is 5.92 Å². The van der Waals surface area contributed by atoms with Crippen molar-refractivity contribution in [3.63, 3.8) is 0 Å². The molecular formula is C15H18N2O4S2. The van der Waals surface area contributed by atoms with Crippen LogP contribution < -0.4 is 5.32 Å². The molecule has 1 rings (SSSR count). The lowest BCUT2D eigenvalue weighted by Gasteiger charge is -2.13. The number of carbonyl (C=O) groups is 2. The minimum atomic E-state index is -0.515. The van der Waals surface area contributed by atoms with Gasteiger partial charge in [0.2, 0.25) is 0 Å². The molecule has 1 amide bonds. The lowest BCUT2D eigenvalue weighted by molar-refractivity contribution is -0.384. The van der Waals surface area contributed by atoms with Crippen LogP contribution in [0.5, 0.6) is 0 Å². The van der Waals surface area contributed by atoms with E-state index in [4.69, 9.17) is 0 Å². The van der Waals surface area contributed by atoms with E-state index < -0.39 is 10.8 Å². The van der Waals surface area contributed by atoms with Gasteiger partial charge in [-0.2, -0.15) is 0 Å². The van der Waals surface area contributed by atoms with Crippen LogP contribution in [0.3, 0.4) is 0 Å². The van der Waals surface area contributed by atoms with Gasteiger partial charge in [-0.25, -0.2) is 0 Å². The zero-order chi connectivity index (χ0) is 17.6. The van der Waals surface area contributed by atoms with Crippen molar-refractivity contribution in [2.45, 2.75) is 13.8 Å². The van der Waals surface area contributed by atoms with Crippen LogP contribution in [0.4, 0.5) is 11.4 Å². The molecule has 0 unspecified atom stereocenters. The monoisotopic (exact) mass is 354 g/mol. The number of nitro benzene ring substituents is 1. The number of hydrogen-bond acceptors (Lipinski definition) is 6. The summed E-state index contributed by atoms with van der Waals surface area (Å²) in [5.74, 6) is -1.04. The van der Waals surface area contributed by atoms with Crippen molar-refractivity contribution in [1.29, 1.82) is 0 Å². The molecular weight excluding hydrogens is 336 g/mol. The molecule has 0 aliphatic carbocycles. The number of non-ortho nitro benzene ring substituents is 1. The average molecular weight is 354 g/mol. The van der Waals surface area contributed by atoms with Gasteiger partial charge in [-0.15, -0.1) is 23.5 Å². The Morgan fingerprint density at radius 1 is 1.13 bits per heavy atom. The summed E-state index contributed by atoms with van der Waals surface area (Å²) < 4.78 is 0.642. The third-order valence-electron chi connectivity index (χ3n) is 2.91. The van der Waals surface area contributed by atoms with Crippen LogP contribution in [0.15, 0.2) is 34.1 Å². The number of hydrogen-bond donors (Lipinski definition) is 1. The SMILES string of the molecule is CSC(SC)=C(C(=O)Nc1ccc([N+](=O)[O-])cc1)C(=O)C(C)C. The number of benzene rings is 1. The lowest BCUT2D eigenvalue weighted by atomic mass is 10.0. The van der Waals surface area contributed by atoms with Gasteiger partial charge in [0.15, 0.2) is 5.78 Å². The summed E-state index contributed by atoms with van der Waals surface area (Å²) in [6, 6.07) is 5.47. The minimum absolute atomic E-state index is 0.0639. The van der Waals surface area contributed by atoms with Crippen molar-refractivity contribution in [1.82, 2.24) is 0 Å². The fraction of sp³-hybridized carbons (Fsp3) is 0.333. The molecule has 0 aliphatic rings. The van der Waals surface area contributed by atoms with Gasteiger partial charge in [0, 0.05) is 23.7 Å². The molecule has 0 heterocycles. The van der Waals surface area contributed by atoms with E-state index in [1.807, 2.05) is 0 Å². The lowest BCUT2D eigenvalue weighted by Crippen LogP contribution is -2.24. The van der Waals surface area contributed by atoms with Crippen LogP contribution >= 0.6 is 23.5 Å². The molecule has 124 valence electrons. The first kappa shape index (κ1) is 19.2. The Morgan fingerprint density at radius 3 is 2.04 bits per heavy atom. The summed E-state index contributed by atoms with van der Waals surface area (Å²) in [5.41, 5.74) is 0.459. The summed E-state index contributed by atoms with van der Waals surface area (Å²) in [6.07, 6.45) is 3.61. The normalized spacial score (nSPS) is 10.3. The van der Waals surface area contributed by atoms with Crippen LogP contribution in [-0.4, -0.2) is 29.1 Å². The van der Waals surface area contributed by atoms with Crippen LogP contribution in [0.25, 0.3) is 0 Å². The summed E-state index contributed by atoms with van der Waals surface area (Å²) in [7, 11) is 0. The molecule has 1 N–H and O–H groups in total. The summed E-state index contributed by atoms with van der Waals surface area (Å²) in [6.45, 7) is 3.47. The zero-order valence-corrected chi connectivity index (χ0v) is 14.9. The molecule has 0 atom stereocenters. The van der Waals surface area contributed by atoms with E-state index in [-0.39, 0.29) is 23.0 Å². The Labute approximate surface area is 143 Å². The average Bonchev–Trinajstić information content (AvgIpc) is 2.52. The molecule has 0 bridgehead atoms. The Bertz CT molecular complexity index is 633. The number of nitrogens with one attached hydrogen (secondary N) is 1. The number of rotatable bonds is 7. The van der Waals surface area contributed by atoms with Gasteiger partial charge in [-0.1, -0.05) is 13.8 Å². The van der Waals surface area contributed by atoms with Crippen molar-refractivity contribution < 1.29 is 14.5 Å². The first-order valence-electron chi connectivity index (χ1n) is 6.74. The second-order valence-corrected chi connectivity index (χ2v) is 6.74. The van der Waals surface area contributed by atoms with E-state index in [0.717, 1.165) is 0 Å². The fourth-order valence-electron chi connectivity index (χ4n) is 1.74. The first-order chi connectivity index (χ1) is 10.8. The molecule has 0 radical (unpaired) electrons. The van der Waals surface area contributed by atoms with E-state index in [0.29, 0.717) is 9.92 Å². The smallest absolute Gasteiger partial charge is 0.269 e. The van der Waals surface area contributed by atoms with Crippen molar-refractivity contribution in [3.05, 3.63) is 44.2 Å². The zero-order valence-electron chi connectivity index (χ0n) is 13.3. The van der Waals surface area contributed by atoms with Crippen molar-refractivity contribution in [2.75, 3.05) is 17.8 Å². The van der Waals surface area contributed by atoms with E-state index in [9.17, 15) is 19.7 Å². The fourth-order valence-corrected chi connectivity index (χ4v) is 3.20. The highest BCUT2D eigenvalue weighted by Gasteiger charge is 2.25. The van der Waals surface area contributed by atoms with Crippen LogP contribution in [0.1, 0.15) is 13.8 Å². The number of thioether (sulfide) groups is 2. The number of nitrogens with zero attached hydrogens (tertiary/aromatic N) is 1. The van der Waals surface area contributed by atoms with E-state index in [2.05, 4.69) is 5.32 Å². The largest absolute Gasteiger partial charge is 0.322 e. The van der Waals surface area contributed by atoms with Gasteiger partial charge in [0.1, 0.15) is 5.57 Å². The predicted molar refractivity (Wildman–Crippen MR) is 95.6 cm³/mol. The standard InChI is InChI=1S/C15H18N2O4S2/c1-9(2)13(18)12(15(22-3)23-4)14(19)16-10-5-7-11(8-6-10)17(20)21/h5-9H,1-4H3,(H,16,19). The van der Waals surface area contributed by atoms with Crippen LogP contribution in [-0.2, 0) is 9.59 Å². The van der Waals surface area contributed by atoms with E-state index in [1.54, 1.807) is 26.4 Å². The Morgan fingerprint density at radius 2 is 1.65 bits per heavy atom. The molecule has 0 spiro atoms. The van der Waals surface area contributed by atoms with Crippen LogP contribution in [0.2, 0.25) is 0 Å². The van der Waals surface area contributed by atoms with Gasteiger partial charge >= 0.3 is 0 Å². The number of carbonyl (C=O) groups excluding carboxylic acids is 2. The number of nitro groups is 1. The predicted octanol–water partition coefficient (Wildman–Crippen LogP) is 3.70. The van der Waals surface area contributed by atoms with Crippen LogP contribution in [0, 0.1) is 16.0 Å². The van der Waals surface area contributed by atoms with Crippen molar-refractivity contribution >= 4 is 46.6 Å². The summed E-state index contributed by atoms with van der Waals surface area (Å²) in [4.78, 5) is 34.9. The molecule has 0 fully saturated rings. The molecule has 0 saturated carbocycles. The van der Waals surface area contributed by atoms with Gasteiger partial charge in [0.25, 0.3) is 11.6 Å². The summed E-state index contributed by atoms with van der Waals surface area (Å²) >= 11 is 2.68. The molecule has 6 nitrogen and oxygen atoms in total. The minimum Gasteiger partial charge on any atom is -0.322 e. The number of Topliss-reactive ketones (excluding diaryl/α,β-unsaturated/α-hetero) is 1. The number of ketones is 1. The molecule has 0 aromatic heterocycles. The van der Waals surface area contributed by atoms with Crippen molar-refractivity contribution in [3.8, 4) is 0 Å². The van der Waals surface area contributed by atoms with E-state index in [1.165, 1.54) is 47.8 Å². The van der Waals surface area contributed by atoms with E-state index >= 15 is 0 Å². The molecule has 8 heteroatoms. The Balaban J connectivity index is 3.09. The van der Waals surface area contributed by atoms with Gasteiger partial charge < -0.3 is 5.32 Å². The highest BCUT2D eigenvalue weighted by molar-refractivity contribution is 8.21. The maximum Gasteiger partial charge on any atom is 0.269 e. The van der Waals surface area contributed by atoms with Gasteiger partial charge in [0.05, 0.1) is 9.16 Å². The topological polar surface area (TPSA) is 89.3 Å². The Hall–Kier alpha value is -1.80. The maximum atomic E-state index is 12.5. The van der Waals surface area contributed by atoms with Gasteiger partial charge in [-0.05, 0) is 24.6 Å². The summed E-state index contributed by atoms with van der Waals surface area (Å²) in [5, 5.41) is 13.3. The highest BCUT2D eigenvalue weighted by Crippen LogP contribution is 2.30. The second-order valence-electron chi connectivity index (χ2n) is 4.85. The maximum absolute atomic E-state index is 12.5. The molecule has 23 heavy (non-hydrogen) atoms. The molecule has 1 aromatic rings. The Kier molecular flexibility index (Phi) is 7.31. The number of amides is 1. The van der Waals surface area contributed by atoms with Gasteiger partial charge in [-0.3, -0.25) is 19.7 Å². The second kappa shape index (κ2) is 8.73. The molecule has 1 aromatic carbocycles. The quantitative estimate of drug-likeness (QED) is 0.264. The first-order valence-corrected chi connectivity index (χ1v) is 9.19. The highest BCUT2D eigenvalue weighted by atomic mass is 32.2. The molecule has 0 saturated heterocycles.